The number of benzene rings is 2. The minimum absolute atomic E-state index is 0.0460. The van der Waals surface area contributed by atoms with Crippen molar-refractivity contribution in [1.82, 2.24) is 9.31 Å². The van der Waals surface area contributed by atoms with E-state index in [-0.39, 0.29) is 6.04 Å². The Labute approximate surface area is 182 Å². The van der Waals surface area contributed by atoms with Gasteiger partial charge in [-0.05, 0) is 19.1 Å². The Morgan fingerprint density at radius 2 is 1.90 bits per heavy atom. The lowest BCUT2D eigenvalue weighted by Crippen LogP contribution is -2.59. The number of fused-ring (bicyclic) bond motifs is 4. The highest BCUT2D eigenvalue weighted by molar-refractivity contribution is 7.88. The lowest BCUT2D eigenvalue weighted by molar-refractivity contribution is -0.143. The van der Waals surface area contributed by atoms with E-state index in [1.165, 1.54) is 16.1 Å². The zero-order valence-electron chi connectivity index (χ0n) is 17.0. The molecule has 5 rings (SSSR count). The van der Waals surface area contributed by atoms with Crippen LogP contribution in [0.25, 0.3) is 0 Å². The molecule has 0 aliphatic carbocycles. The molecule has 0 saturated carbocycles. The summed E-state index contributed by atoms with van der Waals surface area (Å²) in [5.74, 6) is 0.866. The lowest BCUT2D eigenvalue weighted by atomic mass is 9.90. The summed E-state index contributed by atoms with van der Waals surface area (Å²) in [6, 6.07) is 14.1. The Balaban J connectivity index is 1.57. The number of ether oxygens (including phenoxy) is 1. The number of hydrogen-bond donors (Lipinski definition) is 0. The normalized spacial score (nSPS) is 23.0. The molecular formula is C22H24ClN3O3S. The second-order valence-electron chi connectivity index (χ2n) is 8.34. The van der Waals surface area contributed by atoms with Crippen LogP contribution < -0.4 is 4.74 Å². The molecule has 3 aliphatic rings. The van der Waals surface area contributed by atoms with Crippen LogP contribution in [0.15, 0.2) is 47.6 Å². The first-order chi connectivity index (χ1) is 14.3. The van der Waals surface area contributed by atoms with Crippen LogP contribution in [0.1, 0.15) is 42.0 Å². The Hall–Kier alpha value is -2.09. The van der Waals surface area contributed by atoms with E-state index in [1.807, 2.05) is 30.3 Å². The molecule has 1 fully saturated rings. The van der Waals surface area contributed by atoms with Crippen LogP contribution in [0.5, 0.6) is 5.75 Å². The van der Waals surface area contributed by atoms with E-state index in [2.05, 4.69) is 24.1 Å². The average molecular weight is 446 g/mol. The van der Waals surface area contributed by atoms with E-state index < -0.39 is 15.7 Å². The molecule has 30 heavy (non-hydrogen) atoms. The van der Waals surface area contributed by atoms with Gasteiger partial charge in [0.25, 0.3) is 0 Å². The highest BCUT2D eigenvalue weighted by Crippen LogP contribution is 2.50. The topological polar surface area (TPSA) is 62.2 Å². The smallest absolute Gasteiger partial charge is 0.211 e. The third-order valence-electron chi connectivity index (χ3n) is 6.31. The summed E-state index contributed by atoms with van der Waals surface area (Å²) >= 11 is 6.47. The lowest BCUT2D eigenvalue weighted by Gasteiger charge is -2.50. The minimum atomic E-state index is -3.22. The highest BCUT2D eigenvalue weighted by Gasteiger charge is 2.52. The minimum Gasteiger partial charge on any atom is -0.466 e. The number of hydrazone groups is 1. The number of nitrogens with zero attached hydrogens (tertiary/aromatic N) is 3. The Morgan fingerprint density at radius 1 is 1.17 bits per heavy atom. The van der Waals surface area contributed by atoms with Gasteiger partial charge in [-0.1, -0.05) is 47.5 Å². The average Bonchev–Trinajstić information content (AvgIpc) is 3.15. The summed E-state index contributed by atoms with van der Waals surface area (Å²) in [6.07, 6.45) is 3.12. The second-order valence-corrected chi connectivity index (χ2v) is 10.7. The van der Waals surface area contributed by atoms with Crippen LogP contribution in [-0.4, -0.2) is 48.5 Å². The van der Waals surface area contributed by atoms with Crippen LogP contribution in [0.4, 0.5) is 0 Å². The molecule has 0 N–H and O–H groups in total. The maximum Gasteiger partial charge on any atom is 0.211 e. The van der Waals surface area contributed by atoms with Crippen molar-refractivity contribution in [3.05, 3.63) is 64.2 Å². The number of aryl methyl sites for hydroxylation is 1. The first kappa shape index (κ1) is 19.8. The van der Waals surface area contributed by atoms with Gasteiger partial charge >= 0.3 is 0 Å². The van der Waals surface area contributed by atoms with Gasteiger partial charge in [0, 0.05) is 48.5 Å². The van der Waals surface area contributed by atoms with Crippen LogP contribution >= 0.6 is 11.6 Å². The van der Waals surface area contributed by atoms with Gasteiger partial charge in [-0.2, -0.15) is 5.10 Å². The summed E-state index contributed by atoms with van der Waals surface area (Å²) in [6.45, 7) is 2.91. The van der Waals surface area contributed by atoms with Gasteiger partial charge in [0.2, 0.25) is 15.7 Å². The summed E-state index contributed by atoms with van der Waals surface area (Å²) in [5.41, 5.74) is 3.51. The van der Waals surface area contributed by atoms with E-state index in [1.54, 1.807) is 0 Å². The molecule has 8 heteroatoms. The van der Waals surface area contributed by atoms with Gasteiger partial charge in [-0.3, -0.25) is 0 Å². The molecular weight excluding hydrogens is 422 g/mol. The predicted molar refractivity (Wildman–Crippen MR) is 117 cm³/mol. The van der Waals surface area contributed by atoms with Crippen molar-refractivity contribution < 1.29 is 13.2 Å². The third kappa shape index (κ3) is 3.20. The standard InChI is InChI=1S/C22H24ClN3O3S/c1-15-7-8-21-17(13-15)20-14-19(16-5-3-4-6-18(16)23)24-26(20)22(29-21)9-11-25(12-10-22)30(2,27)28/h3-8,13,20H,9-12,14H2,1-2H3. The Kier molecular flexibility index (Phi) is 4.61. The number of sulfonamides is 1. The van der Waals surface area contributed by atoms with Crippen LogP contribution in [0, 0.1) is 6.92 Å². The molecule has 3 heterocycles. The fourth-order valence-electron chi connectivity index (χ4n) is 4.76. The summed E-state index contributed by atoms with van der Waals surface area (Å²) in [7, 11) is -3.22. The first-order valence-corrected chi connectivity index (χ1v) is 12.4. The molecule has 158 valence electrons. The number of piperidine rings is 1. The van der Waals surface area contributed by atoms with Crippen molar-refractivity contribution in [1.29, 1.82) is 0 Å². The molecule has 0 amide bonds. The maximum absolute atomic E-state index is 12.0. The largest absolute Gasteiger partial charge is 0.466 e. The molecule has 0 radical (unpaired) electrons. The number of halogens is 1. The van der Waals surface area contributed by atoms with Gasteiger partial charge < -0.3 is 4.74 Å². The molecule has 6 nitrogen and oxygen atoms in total. The van der Waals surface area contributed by atoms with Gasteiger partial charge in [0.15, 0.2) is 0 Å². The fraction of sp³-hybridized carbons (Fsp3) is 0.409. The van der Waals surface area contributed by atoms with Gasteiger partial charge in [-0.25, -0.2) is 17.7 Å². The molecule has 1 saturated heterocycles. The fourth-order valence-corrected chi connectivity index (χ4v) is 5.85. The summed E-state index contributed by atoms with van der Waals surface area (Å²) in [5, 5.41) is 7.77. The quantitative estimate of drug-likeness (QED) is 0.702. The van der Waals surface area contributed by atoms with Crippen molar-refractivity contribution in [2.75, 3.05) is 19.3 Å². The van der Waals surface area contributed by atoms with Crippen LogP contribution in [0.3, 0.4) is 0 Å². The van der Waals surface area contributed by atoms with Crippen molar-refractivity contribution >= 4 is 27.3 Å². The van der Waals surface area contributed by atoms with E-state index in [0.717, 1.165) is 29.0 Å². The molecule has 1 atom stereocenters. The molecule has 0 aromatic heterocycles. The summed E-state index contributed by atoms with van der Waals surface area (Å²) < 4.78 is 32.1. The van der Waals surface area contributed by atoms with Gasteiger partial charge in [0.1, 0.15) is 5.75 Å². The Bertz CT molecular complexity index is 1140. The maximum atomic E-state index is 12.0. The highest BCUT2D eigenvalue weighted by atomic mass is 35.5. The predicted octanol–water partition coefficient (Wildman–Crippen LogP) is 3.94. The van der Waals surface area contributed by atoms with Crippen molar-refractivity contribution in [2.24, 2.45) is 5.10 Å². The molecule has 2 aromatic carbocycles. The summed E-state index contributed by atoms with van der Waals surface area (Å²) in [4.78, 5) is 0. The zero-order valence-corrected chi connectivity index (χ0v) is 18.6. The number of rotatable bonds is 2. The third-order valence-corrected chi connectivity index (χ3v) is 7.94. The SMILES string of the molecule is Cc1ccc2c(c1)C1CC(c3ccccc3Cl)=NN1C1(CCN(S(C)(=O)=O)CC1)O2. The van der Waals surface area contributed by atoms with Crippen LogP contribution in [-0.2, 0) is 10.0 Å². The van der Waals surface area contributed by atoms with Crippen LogP contribution in [0.2, 0.25) is 5.02 Å². The number of hydrogen-bond acceptors (Lipinski definition) is 5. The molecule has 3 aliphatic heterocycles. The molecule has 1 unspecified atom stereocenters. The van der Waals surface area contributed by atoms with E-state index in [0.29, 0.717) is 31.0 Å². The van der Waals surface area contributed by atoms with Crippen molar-refractivity contribution in [3.63, 3.8) is 0 Å². The monoisotopic (exact) mass is 445 g/mol. The van der Waals surface area contributed by atoms with Crippen molar-refractivity contribution in [3.8, 4) is 5.75 Å². The van der Waals surface area contributed by atoms with E-state index in [4.69, 9.17) is 21.4 Å². The van der Waals surface area contributed by atoms with Crippen molar-refractivity contribution in [2.45, 2.75) is 38.0 Å². The van der Waals surface area contributed by atoms with E-state index in [9.17, 15) is 8.42 Å². The molecule has 0 bridgehead atoms. The second kappa shape index (κ2) is 6.97. The van der Waals surface area contributed by atoms with Gasteiger partial charge in [0.05, 0.1) is 18.0 Å². The first-order valence-electron chi connectivity index (χ1n) is 10.1. The zero-order chi connectivity index (χ0) is 21.1. The Morgan fingerprint density at radius 3 is 2.60 bits per heavy atom. The van der Waals surface area contributed by atoms with E-state index >= 15 is 0 Å². The van der Waals surface area contributed by atoms with Gasteiger partial charge in [-0.15, -0.1) is 0 Å². The molecule has 2 aromatic rings. The molecule has 1 spiro atoms.